The molecular weight excluding hydrogens is 270 g/mol. The van der Waals surface area contributed by atoms with E-state index >= 15 is 0 Å². The van der Waals surface area contributed by atoms with Crippen LogP contribution in [0.1, 0.15) is 10.4 Å². The second kappa shape index (κ2) is 6.65. The first-order valence-electron chi connectivity index (χ1n) is 6.34. The van der Waals surface area contributed by atoms with Gasteiger partial charge in [-0.15, -0.1) is 0 Å². The SMILES string of the molecule is COc1cccc(NC(=O)c2cc(OC)cc(OC)c2)c1. The second-order valence-corrected chi connectivity index (χ2v) is 4.29. The molecule has 0 heterocycles. The van der Waals surface area contributed by atoms with Gasteiger partial charge in [0.1, 0.15) is 17.2 Å². The summed E-state index contributed by atoms with van der Waals surface area (Å²) in [6, 6.07) is 12.2. The Hall–Kier alpha value is -2.69. The van der Waals surface area contributed by atoms with Crippen LogP contribution in [0.5, 0.6) is 17.2 Å². The minimum atomic E-state index is -0.250. The van der Waals surface area contributed by atoms with Gasteiger partial charge in [-0.2, -0.15) is 0 Å². The van der Waals surface area contributed by atoms with Crippen molar-refractivity contribution in [2.24, 2.45) is 0 Å². The van der Waals surface area contributed by atoms with Crippen molar-refractivity contribution in [3.63, 3.8) is 0 Å². The molecule has 1 N–H and O–H groups in total. The summed E-state index contributed by atoms with van der Waals surface area (Å²) in [5, 5.41) is 2.81. The molecule has 0 aliphatic carbocycles. The molecule has 5 nitrogen and oxygen atoms in total. The Bertz CT molecular complexity index is 618. The molecule has 110 valence electrons. The Balaban J connectivity index is 2.23. The van der Waals surface area contributed by atoms with Crippen molar-refractivity contribution in [1.29, 1.82) is 0 Å². The smallest absolute Gasteiger partial charge is 0.255 e. The van der Waals surface area contributed by atoms with Gasteiger partial charge in [0.15, 0.2) is 0 Å². The predicted octanol–water partition coefficient (Wildman–Crippen LogP) is 2.96. The number of carbonyl (C=O) groups is 1. The van der Waals surface area contributed by atoms with Gasteiger partial charge in [-0.3, -0.25) is 4.79 Å². The zero-order valence-electron chi connectivity index (χ0n) is 12.2. The van der Waals surface area contributed by atoms with Crippen molar-refractivity contribution in [2.45, 2.75) is 0 Å². The lowest BCUT2D eigenvalue weighted by atomic mass is 10.1. The van der Waals surface area contributed by atoms with Crippen LogP contribution < -0.4 is 19.5 Å². The summed E-state index contributed by atoms with van der Waals surface area (Å²) in [6.45, 7) is 0. The van der Waals surface area contributed by atoms with Crippen LogP contribution >= 0.6 is 0 Å². The molecule has 2 rings (SSSR count). The minimum Gasteiger partial charge on any atom is -0.497 e. The highest BCUT2D eigenvalue weighted by Crippen LogP contribution is 2.24. The first-order chi connectivity index (χ1) is 10.2. The van der Waals surface area contributed by atoms with E-state index in [1.165, 1.54) is 0 Å². The first-order valence-corrected chi connectivity index (χ1v) is 6.34. The average Bonchev–Trinajstić information content (AvgIpc) is 2.54. The van der Waals surface area contributed by atoms with E-state index in [2.05, 4.69) is 5.32 Å². The zero-order valence-corrected chi connectivity index (χ0v) is 12.2. The van der Waals surface area contributed by atoms with E-state index in [1.807, 2.05) is 6.07 Å². The van der Waals surface area contributed by atoms with Crippen LogP contribution in [-0.4, -0.2) is 27.2 Å². The molecule has 0 saturated carbocycles. The third kappa shape index (κ3) is 3.66. The highest BCUT2D eigenvalue weighted by atomic mass is 16.5. The Morgan fingerprint density at radius 2 is 1.48 bits per heavy atom. The van der Waals surface area contributed by atoms with Crippen molar-refractivity contribution in [2.75, 3.05) is 26.6 Å². The number of ether oxygens (including phenoxy) is 3. The number of nitrogens with one attached hydrogen (secondary N) is 1. The molecule has 2 aromatic rings. The fourth-order valence-corrected chi connectivity index (χ4v) is 1.84. The Morgan fingerprint density at radius 3 is 2.05 bits per heavy atom. The van der Waals surface area contributed by atoms with Crippen molar-refractivity contribution in [3.05, 3.63) is 48.0 Å². The maximum Gasteiger partial charge on any atom is 0.255 e. The van der Waals surface area contributed by atoms with Crippen LogP contribution in [0.2, 0.25) is 0 Å². The molecule has 0 atom stereocenters. The van der Waals surface area contributed by atoms with Gasteiger partial charge in [-0.1, -0.05) is 6.07 Å². The topological polar surface area (TPSA) is 56.8 Å². The average molecular weight is 287 g/mol. The van der Waals surface area contributed by atoms with Gasteiger partial charge in [0.05, 0.1) is 21.3 Å². The standard InChI is InChI=1S/C16H17NO4/c1-19-13-6-4-5-12(9-13)17-16(18)11-7-14(20-2)10-15(8-11)21-3/h4-10H,1-3H3,(H,17,18). The molecule has 0 aliphatic heterocycles. The summed E-state index contributed by atoms with van der Waals surface area (Å²) >= 11 is 0. The lowest BCUT2D eigenvalue weighted by Crippen LogP contribution is -2.12. The molecule has 2 aromatic carbocycles. The zero-order chi connectivity index (χ0) is 15.2. The lowest BCUT2D eigenvalue weighted by Gasteiger charge is -2.10. The number of benzene rings is 2. The molecule has 1 amide bonds. The summed E-state index contributed by atoms with van der Waals surface area (Å²) < 4.78 is 15.4. The fourth-order valence-electron chi connectivity index (χ4n) is 1.84. The third-order valence-corrected chi connectivity index (χ3v) is 2.94. The molecule has 0 spiro atoms. The van der Waals surface area contributed by atoms with Crippen molar-refractivity contribution in [3.8, 4) is 17.2 Å². The van der Waals surface area contributed by atoms with E-state index in [1.54, 1.807) is 57.7 Å². The Morgan fingerprint density at radius 1 is 0.857 bits per heavy atom. The summed E-state index contributed by atoms with van der Waals surface area (Å²) in [4.78, 5) is 12.3. The van der Waals surface area contributed by atoms with Gasteiger partial charge >= 0.3 is 0 Å². The number of hydrogen-bond donors (Lipinski definition) is 1. The number of methoxy groups -OCH3 is 3. The minimum absolute atomic E-state index is 0.250. The van der Waals surface area contributed by atoms with Crippen molar-refractivity contribution in [1.82, 2.24) is 0 Å². The van der Waals surface area contributed by atoms with Crippen LogP contribution in [0.3, 0.4) is 0 Å². The molecule has 0 unspecified atom stereocenters. The number of carbonyl (C=O) groups excluding carboxylic acids is 1. The molecule has 0 bridgehead atoms. The summed E-state index contributed by atoms with van der Waals surface area (Å²) in [5.41, 5.74) is 1.11. The quantitative estimate of drug-likeness (QED) is 0.918. The third-order valence-electron chi connectivity index (χ3n) is 2.94. The van der Waals surface area contributed by atoms with E-state index in [4.69, 9.17) is 14.2 Å². The van der Waals surface area contributed by atoms with Gasteiger partial charge in [-0.25, -0.2) is 0 Å². The first kappa shape index (κ1) is 14.7. The van der Waals surface area contributed by atoms with Gasteiger partial charge < -0.3 is 19.5 Å². The Kier molecular flexibility index (Phi) is 4.66. The molecule has 0 radical (unpaired) electrons. The van der Waals surface area contributed by atoms with Crippen LogP contribution in [0.15, 0.2) is 42.5 Å². The maximum absolute atomic E-state index is 12.3. The molecule has 21 heavy (non-hydrogen) atoms. The molecule has 0 aliphatic rings. The van der Waals surface area contributed by atoms with Gasteiger partial charge in [0, 0.05) is 23.4 Å². The van der Waals surface area contributed by atoms with E-state index < -0.39 is 0 Å². The predicted molar refractivity (Wildman–Crippen MR) is 80.5 cm³/mol. The number of hydrogen-bond acceptors (Lipinski definition) is 4. The van der Waals surface area contributed by atoms with Crippen LogP contribution in [0.25, 0.3) is 0 Å². The molecule has 0 fully saturated rings. The van der Waals surface area contributed by atoms with Crippen molar-refractivity contribution >= 4 is 11.6 Å². The van der Waals surface area contributed by atoms with Crippen LogP contribution in [0.4, 0.5) is 5.69 Å². The van der Waals surface area contributed by atoms with E-state index in [-0.39, 0.29) is 5.91 Å². The fraction of sp³-hybridized carbons (Fsp3) is 0.188. The largest absolute Gasteiger partial charge is 0.497 e. The Labute approximate surface area is 123 Å². The van der Waals surface area contributed by atoms with Crippen LogP contribution in [-0.2, 0) is 0 Å². The molecular formula is C16H17NO4. The van der Waals surface area contributed by atoms with Gasteiger partial charge in [0.25, 0.3) is 5.91 Å². The van der Waals surface area contributed by atoms with Crippen LogP contribution in [0, 0.1) is 0 Å². The monoisotopic (exact) mass is 287 g/mol. The van der Waals surface area contributed by atoms with Crippen molar-refractivity contribution < 1.29 is 19.0 Å². The number of anilines is 1. The highest BCUT2D eigenvalue weighted by Gasteiger charge is 2.10. The normalized spacial score (nSPS) is 9.86. The van der Waals surface area contributed by atoms with E-state index in [0.29, 0.717) is 28.5 Å². The maximum atomic E-state index is 12.3. The second-order valence-electron chi connectivity index (χ2n) is 4.29. The highest BCUT2D eigenvalue weighted by molar-refractivity contribution is 6.04. The number of rotatable bonds is 5. The van der Waals surface area contributed by atoms with Gasteiger partial charge in [-0.05, 0) is 24.3 Å². The summed E-state index contributed by atoms with van der Waals surface area (Å²) in [6.07, 6.45) is 0. The van der Waals surface area contributed by atoms with E-state index in [9.17, 15) is 4.79 Å². The van der Waals surface area contributed by atoms with E-state index in [0.717, 1.165) is 0 Å². The molecule has 0 aromatic heterocycles. The summed E-state index contributed by atoms with van der Waals surface area (Å²) in [5.74, 6) is 1.55. The molecule has 0 saturated heterocycles. The lowest BCUT2D eigenvalue weighted by molar-refractivity contribution is 0.102. The summed E-state index contributed by atoms with van der Waals surface area (Å²) in [7, 11) is 4.66. The number of amides is 1. The van der Waals surface area contributed by atoms with Gasteiger partial charge in [0.2, 0.25) is 0 Å². The molecule has 5 heteroatoms.